The van der Waals surface area contributed by atoms with Crippen LogP contribution in [0, 0.1) is 0 Å². The van der Waals surface area contributed by atoms with E-state index in [1.165, 1.54) is 0 Å². The molecule has 1 fully saturated rings. The Kier molecular flexibility index (Phi) is 12.3. The third-order valence-corrected chi connectivity index (χ3v) is 5.00. The molecule has 3 rings (SSSR count). The average molecular weight is 569 g/mol. The Morgan fingerprint density at radius 2 is 2.15 bits per heavy atom. The Morgan fingerprint density at radius 3 is 2.88 bits per heavy atom. The molecule has 8 nitrogen and oxygen atoms in total. The average Bonchev–Trinajstić information content (AvgIpc) is 2.81. The third-order valence-electron chi connectivity index (χ3n) is 5.00. The second-order valence-corrected chi connectivity index (χ2v) is 7.69. The summed E-state index contributed by atoms with van der Waals surface area (Å²) in [6.45, 7) is 9.24. The maximum atomic E-state index is 5.79. The molecule has 1 unspecified atom stereocenters. The van der Waals surface area contributed by atoms with E-state index < -0.39 is 0 Å². The summed E-state index contributed by atoms with van der Waals surface area (Å²) in [5.74, 6) is 2.52. The first-order chi connectivity index (χ1) is 15.7. The molecule has 0 spiro atoms. The number of hydrogen-bond donors (Lipinski definition) is 2. The second kappa shape index (κ2) is 14.9. The van der Waals surface area contributed by atoms with Crippen LogP contribution in [-0.4, -0.2) is 63.6 Å². The molecule has 1 atom stereocenters. The number of benzene rings is 1. The largest absolute Gasteiger partial charge is 0.493 e. The van der Waals surface area contributed by atoms with Gasteiger partial charge >= 0.3 is 0 Å². The van der Waals surface area contributed by atoms with Gasteiger partial charge in [-0.2, -0.15) is 0 Å². The minimum Gasteiger partial charge on any atom is -0.493 e. The highest BCUT2D eigenvalue weighted by atomic mass is 127. The molecule has 1 saturated heterocycles. The molecule has 182 valence electrons. The quantitative estimate of drug-likeness (QED) is 0.194. The number of halogens is 1. The van der Waals surface area contributed by atoms with Gasteiger partial charge in [-0.3, -0.25) is 0 Å². The van der Waals surface area contributed by atoms with Gasteiger partial charge in [-0.1, -0.05) is 12.1 Å². The van der Waals surface area contributed by atoms with Crippen molar-refractivity contribution < 1.29 is 14.2 Å². The van der Waals surface area contributed by atoms with E-state index >= 15 is 0 Å². The number of nitrogens with one attached hydrogen (secondary N) is 2. The highest BCUT2D eigenvalue weighted by Gasteiger charge is 2.17. The van der Waals surface area contributed by atoms with Crippen LogP contribution in [0.25, 0.3) is 0 Å². The fraction of sp³-hybridized carbons (Fsp3) is 0.500. The number of guanidine groups is 1. The maximum absolute atomic E-state index is 5.79. The van der Waals surface area contributed by atoms with Crippen molar-refractivity contribution in [3.05, 3.63) is 48.2 Å². The van der Waals surface area contributed by atoms with Crippen molar-refractivity contribution >= 4 is 41.4 Å². The molecule has 0 saturated carbocycles. The van der Waals surface area contributed by atoms with Gasteiger partial charge in [-0.05, 0) is 37.6 Å². The summed E-state index contributed by atoms with van der Waals surface area (Å²) in [4.78, 5) is 11.6. The van der Waals surface area contributed by atoms with E-state index in [4.69, 9.17) is 19.2 Å². The highest BCUT2D eigenvalue weighted by molar-refractivity contribution is 14.0. The first-order valence-electron chi connectivity index (χ1n) is 11.3. The Labute approximate surface area is 214 Å². The first-order valence-corrected chi connectivity index (χ1v) is 11.3. The number of pyridine rings is 1. The summed E-state index contributed by atoms with van der Waals surface area (Å²) in [5, 5.41) is 6.64. The van der Waals surface area contributed by atoms with E-state index in [0.717, 1.165) is 61.4 Å². The van der Waals surface area contributed by atoms with Crippen LogP contribution in [0.4, 0.5) is 11.5 Å². The van der Waals surface area contributed by atoms with Crippen molar-refractivity contribution in [3.63, 3.8) is 0 Å². The molecular weight excluding hydrogens is 533 g/mol. The van der Waals surface area contributed by atoms with E-state index in [0.29, 0.717) is 19.8 Å². The van der Waals surface area contributed by atoms with Crippen LogP contribution in [0.3, 0.4) is 0 Å². The predicted molar refractivity (Wildman–Crippen MR) is 144 cm³/mol. The number of anilines is 2. The minimum absolute atomic E-state index is 0. The lowest BCUT2D eigenvalue weighted by Gasteiger charge is -2.32. The fourth-order valence-electron chi connectivity index (χ4n) is 3.39. The molecule has 9 heteroatoms. The van der Waals surface area contributed by atoms with Crippen molar-refractivity contribution in [2.24, 2.45) is 4.99 Å². The van der Waals surface area contributed by atoms with E-state index in [9.17, 15) is 0 Å². The van der Waals surface area contributed by atoms with Gasteiger partial charge in [0.05, 0.1) is 25.9 Å². The van der Waals surface area contributed by atoms with Crippen LogP contribution in [0.1, 0.15) is 25.8 Å². The zero-order valence-electron chi connectivity index (χ0n) is 19.8. The predicted octanol–water partition coefficient (Wildman–Crippen LogP) is 3.92. The molecule has 0 bridgehead atoms. The third kappa shape index (κ3) is 9.34. The molecule has 0 amide bonds. The Morgan fingerprint density at radius 1 is 1.27 bits per heavy atom. The lowest BCUT2D eigenvalue weighted by atomic mass is 10.2. The molecule has 33 heavy (non-hydrogen) atoms. The van der Waals surface area contributed by atoms with E-state index in [-0.39, 0.29) is 30.1 Å². The minimum atomic E-state index is 0. The summed E-state index contributed by atoms with van der Waals surface area (Å²) >= 11 is 0. The van der Waals surface area contributed by atoms with Gasteiger partial charge in [0.2, 0.25) is 0 Å². The zero-order chi connectivity index (χ0) is 22.6. The molecule has 0 aliphatic carbocycles. The molecule has 1 aromatic carbocycles. The summed E-state index contributed by atoms with van der Waals surface area (Å²) in [5.41, 5.74) is 1.98. The van der Waals surface area contributed by atoms with Crippen molar-refractivity contribution in [1.29, 1.82) is 0 Å². The number of nitrogens with zero attached hydrogens (tertiary/aromatic N) is 3. The molecule has 2 heterocycles. The smallest absolute Gasteiger partial charge is 0.196 e. The Hall–Kier alpha value is -2.11. The Balaban J connectivity index is 0.00000385. The van der Waals surface area contributed by atoms with Gasteiger partial charge in [0, 0.05) is 57.7 Å². The van der Waals surface area contributed by atoms with Crippen molar-refractivity contribution in [2.45, 2.75) is 32.9 Å². The highest BCUT2D eigenvalue weighted by Crippen LogP contribution is 2.18. The normalized spacial score (nSPS) is 16.2. The number of methoxy groups -OCH3 is 1. The standard InChI is InChI=1S/C24H35N5O3.HI/c1-4-25-24(28-21-7-5-8-22(15-21)32-13-6-12-30-3)27-17-20-9-10-23(26-16-20)29-11-14-31-19(2)18-29;/h5,7-10,15-16,19H,4,6,11-14,17-18H2,1-3H3,(H2,25,27,28);1H. The Bertz CT molecular complexity index is 850. The molecule has 0 radical (unpaired) electrons. The van der Waals surface area contributed by atoms with Crippen LogP contribution >= 0.6 is 24.0 Å². The van der Waals surface area contributed by atoms with Crippen molar-refractivity contribution in [1.82, 2.24) is 10.3 Å². The number of ether oxygens (including phenoxy) is 3. The molecule has 2 N–H and O–H groups in total. The molecular formula is C24H36IN5O3. The monoisotopic (exact) mass is 569 g/mol. The van der Waals surface area contributed by atoms with Crippen LogP contribution in [0.2, 0.25) is 0 Å². The van der Waals surface area contributed by atoms with E-state index in [1.54, 1.807) is 7.11 Å². The van der Waals surface area contributed by atoms with Crippen molar-refractivity contribution in [3.8, 4) is 5.75 Å². The molecule has 2 aromatic rings. The number of morpholine rings is 1. The topological polar surface area (TPSA) is 80.2 Å². The van der Waals surface area contributed by atoms with Crippen LogP contribution in [0.5, 0.6) is 5.75 Å². The van der Waals surface area contributed by atoms with E-state index in [1.807, 2.05) is 37.4 Å². The van der Waals surface area contributed by atoms with Crippen LogP contribution < -0.4 is 20.3 Å². The van der Waals surface area contributed by atoms with Crippen LogP contribution in [-0.2, 0) is 16.0 Å². The molecule has 1 aliphatic rings. The van der Waals surface area contributed by atoms with Gasteiger partial charge in [0.1, 0.15) is 11.6 Å². The zero-order valence-corrected chi connectivity index (χ0v) is 22.1. The fourth-order valence-corrected chi connectivity index (χ4v) is 3.39. The summed E-state index contributed by atoms with van der Waals surface area (Å²) in [7, 11) is 1.70. The van der Waals surface area contributed by atoms with Gasteiger partial charge in [-0.15, -0.1) is 24.0 Å². The van der Waals surface area contributed by atoms with Gasteiger partial charge in [0.15, 0.2) is 5.96 Å². The summed E-state index contributed by atoms with van der Waals surface area (Å²) < 4.78 is 16.5. The second-order valence-electron chi connectivity index (χ2n) is 7.69. The van der Waals surface area contributed by atoms with Gasteiger partial charge in [0.25, 0.3) is 0 Å². The van der Waals surface area contributed by atoms with Gasteiger partial charge in [-0.25, -0.2) is 9.98 Å². The maximum Gasteiger partial charge on any atom is 0.196 e. The molecule has 1 aromatic heterocycles. The lowest BCUT2D eigenvalue weighted by molar-refractivity contribution is 0.0529. The van der Waals surface area contributed by atoms with Gasteiger partial charge < -0.3 is 29.7 Å². The van der Waals surface area contributed by atoms with Crippen molar-refractivity contribution in [2.75, 3.05) is 56.8 Å². The lowest BCUT2D eigenvalue weighted by Crippen LogP contribution is -2.41. The summed E-state index contributed by atoms with van der Waals surface area (Å²) in [6, 6.07) is 12.0. The SMILES string of the molecule is CCNC(=NCc1ccc(N2CCOC(C)C2)nc1)Nc1cccc(OCCCOC)c1.I. The first kappa shape index (κ1) is 27.1. The number of aromatic nitrogens is 1. The number of hydrogen-bond acceptors (Lipinski definition) is 6. The molecule has 1 aliphatic heterocycles. The number of rotatable bonds is 10. The van der Waals surface area contributed by atoms with E-state index in [2.05, 4.69) is 39.6 Å². The van der Waals surface area contributed by atoms with Crippen LogP contribution in [0.15, 0.2) is 47.6 Å². The summed E-state index contributed by atoms with van der Waals surface area (Å²) in [6.07, 6.45) is 2.99. The number of aliphatic imine (C=N–C) groups is 1.